The van der Waals surface area contributed by atoms with Crippen LogP contribution in [-0.4, -0.2) is 12.0 Å². The zero-order valence-corrected chi connectivity index (χ0v) is 12.4. The topological polar surface area (TPSA) is 24.9 Å². The number of hydrogen-bond donors (Lipinski definition) is 1. The molecule has 102 valence electrons. The molecule has 0 aliphatic carbocycles. The summed E-state index contributed by atoms with van der Waals surface area (Å²) in [6.07, 6.45) is 2.40. The molecule has 19 heavy (non-hydrogen) atoms. The van der Waals surface area contributed by atoms with Gasteiger partial charge in [-0.25, -0.2) is 0 Å². The maximum atomic E-state index is 4.57. The highest BCUT2D eigenvalue weighted by Crippen LogP contribution is 2.28. The van der Waals surface area contributed by atoms with E-state index in [2.05, 4.69) is 61.5 Å². The van der Waals surface area contributed by atoms with Gasteiger partial charge in [-0.15, -0.1) is 0 Å². The Labute approximate surface area is 116 Å². The van der Waals surface area contributed by atoms with Crippen molar-refractivity contribution in [3.63, 3.8) is 0 Å². The normalized spacial score (nSPS) is 13.1. The third kappa shape index (κ3) is 2.95. The van der Waals surface area contributed by atoms with Gasteiger partial charge in [0.1, 0.15) is 0 Å². The number of hydrogen-bond acceptors (Lipinski definition) is 2. The van der Waals surface area contributed by atoms with Crippen LogP contribution in [0.2, 0.25) is 0 Å². The van der Waals surface area contributed by atoms with Crippen LogP contribution in [0, 0.1) is 12.8 Å². The standard InChI is InChI=1S/C17H24N2/c1-5-13(6-2)17(18-4)15-9-10-16-14(11-15)8-7-12(3)19-16/h7-11,13,17-18H,5-6H2,1-4H3. The number of fused-ring (bicyclic) bond motifs is 1. The summed E-state index contributed by atoms with van der Waals surface area (Å²) >= 11 is 0. The Morgan fingerprint density at radius 3 is 2.47 bits per heavy atom. The Hall–Kier alpha value is -1.41. The quantitative estimate of drug-likeness (QED) is 0.865. The average Bonchev–Trinajstić information content (AvgIpc) is 2.44. The van der Waals surface area contributed by atoms with Crippen molar-refractivity contribution < 1.29 is 0 Å². The number of aromatic nitrogens is 1. The van der Waals surface area contributed by atoms with Gasteiger partial charge in [0.2, 0.25) is 0 Å². The summed E-state index contributed by atoms with van der Waals surface area (Å²) < 4.78 is 0. The monoisotopic (exact) mass is 256 g/mol. The fraction of sp³-hybridized carbons (Fsp3) is 0.471. The Bertz CT molecular complexity index is 544. The number of aryl methyl sites for hydroxylation is 1. The van der Waals surface area contributed by atoms with Crippen LogP contribution in [0.4, 0.5) is 0 Å². The lowest BCUT2D eigenvalue weighted by Crippen LogP contribution is -2.24. The highest BCUT2D eigenvalue weighted by molar-refractivity contribution is 5.79. The lowest BCUT2D eigenvalue weighted by atomic mass is 9.88. The highest BCUT2D eigenvalue weighted by Gasteiger charge is 2.18. The van der Waals surface area contributed by atoms with E-state index in [1.165, 1.54) is 23.8 Å². The molecule has 2 rings (SSSR count). The van der Waals surface area contributed by atoms with E-state index < -0.39 is 0 Å². The van der Waals surface area contributed by atoms with Crippen molar-refractivity contribution in [2.24, 2.45) is 5.92 Å². The molecule has 0 aliphatic rings. The summed E-state index contributed by atoms with van der Waals surface area (Å²) in [7, 11) is 2.06. The van der Waals surface area contributed by atoms with Crippen molar-refractivity contribution in [1.29, 1.82) is 0 Å². The summed E-state index contributed by atoms with van der Waals surface area (Å²) in [6, 6.07) is 11.3. The fourth-order valence-electron chi connectivity index (χ4n) is 2.87. The Morgan fingerprint density at radius 2 is 1.84 bits per heavy atom. The van der Waals surface area contributed by atoms with Crippen molar-refractivity contribution >= 4 is 10.9 Å². The highest BCUT2D eigenvalue weighted by atomic mass is 14.9. The van der Waals surface area contributed by atoms with Crippen LogP contribution < -0.4 is 5.32 Å². The van der Waals surface area contributed by atoms with Crippen molar-refractivity contribution in [2.75, 3.05) is 7.05 Å². The van der Waals surface area contributed by atoms with Crippen molar-refractivity contribution in [1.82, 2.24) is 10.3 Å². The zero-order valence-electron chi connectivity index (χ0n) is 12.4. The second-order valence-corrected chi connectivity index (χ2v) is 5.25. The Kier molecular flexibility index (Phi) is 4.54. The van der Waals surface area contributed by atoms with Gasteiger partial charge in [-0.3, -0.25) is 4.98 Å². The lowest BCUT2D eigenvalue weighted by Gasteiger charge is -2.25. The van der Waals surface area contributed by atoms with E-state index in [0.29, 0.717) is 12.0 Å². The average molecular weight is 256 g/mol. The molecule has 2 heteroatoms. The molecule has 1 atom stereocenters. The SMILES string of the molecule is CCC(CC)C(NC)c1ccc2nc(C)ccc2c1. The van der Waals surface area contributed by atoms with Crippen LogP contribution >= 0.6 is 0 Å². The lowest BCUT2D eigenvalue weighted by molar-refractivity contribution is 0.360. The van der Waals surface area contributed by atoms with E-state index in [9.17, 15) is 0 Å². The molecule has 1 N–H and O–H groups in total. The van der Waals surface area contributed by atoms with Crippen LogP contribution in [0.3, 0.4) is 0 Å². The van der Waals surface area contributed by atoms with Crippen LogP contribution in [0.5, 0.6) is 0 Å². The maximum absolute atomic E-state index is 4.57. The van der Waals surface area contributed by atoms with E-state index in [1.807, 2.05) is 6.92 Å². The largest absolute Gasteiger partial charge is 0.313 e. The predicted octanol–water partition coefficient (Wildman–Crippen LogP) is 4.24. The molecule has 1 aromatic heterocycles. The molecule has 2 aromatic rings. The summed E-state index contributed by atoms with van der Waals surface area (Å²) in [5.74, 6) is 0.681. The molecule has 0 amide bonds. The molecule has 2 nitrogen and oxygen atoms in total. The smallest absolute Gasteiger partial charge is 0.0705 e. The fourth-order valence-corrected chi connectivity index (χ4v) is 2.87. The van der Waals surface area contributed by atoms with Gasteiger partial charge < -0.3 is 5.32 Å². The number of rotatable bonds is 5. The molecule has 1 unspecified atom stereocenters. The molecule has 0 fully saturated rings. The Morgan fingerprint density at radius 1 is 1.11 bits per heavy atom. The third-order valence-corrected chi connectivity index (χ3v) is 4.04. The molecule has 1 aromatic carbocycles. The van der Waals surface area contributed by atoms with Gasteiger partial charge in [-0.05, 0) is 43.7 Å². The molecule has 0 saturated carbocycles. The third-order valence-electron chi connectivity index (χ3n) is 4.04. The second kappa shape index (κ2) is 6.16. The van der Waals surface area contributed by atoms with E-state index >= 15 is 0 Å². The molecular formula is C17H24N2. The van der Waals surface area contributed by atoms with Crippen LogP contribution in [0.1, 0.15) is 44.0 Å². The van der Waals surface area contributed by atoms with Gasteiger partial charge in [0.15, 0.2) is 0 Å². The van der Waals surface area contributed by atoms with E-state index in [0.717, 1.165) is 11.2 Å². The summed E-state index contributed by atoms with van der Waals surface area (Å²) in [5.41, 5.74) is 3.53. The van der Waals surface area contributed by atoms with E-state index in [1.54, 1.807) is 0 Å². The minimum Gasteiger partial charge on any atom is -0.313 e. The van der Waals surface area contributed by atoms with Gasteiger partial charge in [-0.2, -0.15) is 0 Å². The molecule has 0 spiro atoms. The molecule has 1 heterocycles. The van der Waals surface area contributed by atoms with Gasteiger partial charge >= 0.3 is 0 Å². The maximum Gasteiger partial charge on any atom is 0.0705 e. The zero-order chi connectivity index (χ0) is 13.8. The first-order valence-electron chi connectivity index (χ1n) is 7.24. The van der Waals surface area contributed by atoms with Gasteiger partial charge in [0.05, 0.1) is 5.52 Å². The van der Waals surface area contributed by atoms with Gasteiger partial charge in [0.25, 0.3) is 0 Å². The number of benzene rings is 1. The van der Waals surface area contributed by atoms with Crippen molar-refractivity contribution in [3.05, 3.63) is 41.6 Å². The minimum absolute atomic E-state index is 0.431. The molecule has 0 aliphatic heterocycles. The Balaban J connectivity index is 2.41. The molecule has 0 bridgehead atoms. The van der Waals surface area contributed by atoms with Gasteiger partial charge in [0, 0.05) is 17.1 Å². The van der Waals surface area contributed by atoms with E-state index in [4.69, 9.17) is 0 Å². The second-order valence-electron chi connectivity index (χ2n) is 5.25. The number of nitrogens with zero attached hydrogens (tertiary/aromatic N) is 1. The summed E-state index contributed by atoms with van der Waals surface area (Å²) in [4.78, 5) is 4.57. The minimum atomic E-state index is 0.431. The van der Waals surface area contributed by atoms with Crippen LogP contribution in [-0.2, 0) is 0 Å². The molecule has 0 saturated heterocycles. The van der Waals surface area contributed by atoms with E-state index in [-0.39, 0.29) is 0 Å². The summed E-state index contributed by atoms with van der Waals surface area (Å²) in [6.45, 7) is 6.57. The van der Waals surface area contributed by atoms with Crippen LogP contribution in [0.15, 0.2) is 30.3 Å². The summed E-state index contributed by atoms with van der Waals surface area (Å²) in [5, 5.41) is 4.71. The van der Waals surface area contributed by atoms with Crippen molar-refractivity contribution in [2.45, 2.75) is 39.7 Å². The van der Waals surface area contributed by atoms with Crippen molar-refractivity contribution in [3.8, 4) is 0 Å². The first kappa shape index (κ1) is 14.0. The first-order chi connectivity index (χ1) is 9.19. The number of nitrogens with one attached hydrogen (secondary N) is 1. The molecule has 0 radical (unpaired) electrons. The van der Waals surface area contributed by atoms with Crippen LogP contribution in [0.25, 0.3) is 10.9 Å². The number of pyridine rings is 1. The first-order valence-corrected chi connectivity index (χ1v) is 7.24. The molecular weight excluding hydrogens is 232 g/mol. The predicted molar refractivity (Wildman–Crippen MR) is 82.4 cm³/mol. The van der Waals surface area contributed by atoms with Gasteiger partial charge in [-0.1, -0.05) is 38.8 Å².